The molecule has 0 saturated carbocycles. The molecule has 0 unspecified atom stereocenters. The molecular weight excluding hydrogens is 210 g/mol. The fourth-order valence-corrected chi connectivity index (χ4v) is 1.22. The van der Waals surface area contributed by atoms with Crippen LogP contribution in [-0.4, -0.2) is 26.5 Å². The first-order chi connectivity index (χ1) is 7.66. The van der Waals surface area contributed by atoms with E-state index in [1.54, 1.807) is 12.1 Å². The number of benzene rings is 1. The van der Waals surface area contributed by atoms with Gasteiger partial charge in [-0.1, -0.05) is 22.4 Å². The molecule has 2 rings (SSSR count). The number of carboxylic acids is 1. The standard InChI is InChI=1S/C10H9N3O3/c1-6-3-2-4-7(5-6)16-9-8(10(14)15)11-13-12-9/h2-5H,1H3,(H,14,15)(H,11,12,13). The van der Waals surface area contributed by atoms with Crippen molar-refractivity contribution in [1.82, 2.24) is 15.4 Å². The fourth-order valence-electron chi connectivity index (χ4n) is 1.22. The van der Waals surface area contributed by atoms with Crippen molar-refractivity contribution < 1.29 is 14.6 Å². The topological polar surface area (TPSA) is 88.1 Å². The van der Waals surface area contributed by atoms with Gasteiger partial charge >= 0.3 is 5.97 Å². The number of nitrogens with zero attached hydrogens (tertiary/aromatic N) is 2. The van der Waals surface area contributed by atoms with Crippen LogP contribution in [0.25, 0.3) is 0 Å². The highest BCUT2D eigenvalue weighted by atomic mass is 16.5. The number of hydrogen-bond acceptors (Lipinski definition) is 4. The van der Waals surface area contributed by atoms with E-state index in [9.17, 15) is 4.79 Å². The van der Waals surface area contributed by atoms with Crippen molar-refractivity contribution in [3.8, 4) is 11.6 Å². The molecule has 1 heterocycles. The molecule has 1 aromatic carbocycles. The lowest BCUT2D eigenvalue weighted by Gasteiger charge is -2.02. The van der Waals surface area contributed by atoms with Gasteiger partial charge in [-0.2, -0.15) is 0 Å². The van der Waals surface area contributed by atoms with Gasteiger partial charge in [-0.25, -0.2) is 9.89 Å². The van der Waals surface area contributed by atoms with Crippen molar-refractivity contribution in [2.45, 2.75) is 6.92 Å². The number of hydrogen-bond donors (Lipinski definition) is 2. The number of aromatic nitrogens is 3. The lowest BCUT2D eigenvalue weighted by molar-refractivity contribution is 0.0687. The summed E-state index contributed by atoms with van der Waals surface area (Å²) in [6.45, 7) is 1.91. The third kappa shape index (κ3) is 2.00. The zero-order valence-electron chi connectivity index (χ0n) is 8.47. The van der Waals surface area contributed by atoms with E-state index in [4.69, 9.17) is 9.84 Å². The second kappa shape index (κ2) is 4.01. The summed E-state index contributed by atoms with van der Waals surface area (Å²) >= 11 is 0. The molecule has 0 spiro atoms. The molecule has 16 heavy (non-hydrogen) atoms. The summed E-state index contributed by atoms with van der Waals surface area (Å²) in [4.78, 5) is 10.7. The monoisotopic (exact) mass is 219 g/mol. The summed E-state index contributed by atoms with van der Waals surface area (Å²) in [7, 11) is 0. The molecule has 2 N–H and O–H groups in total. The number of ether oxygens (including phenoxy) is 1. The second-order valence-electron chi connectivity index (χ2n) is 3.22. The Bertz CT molecular complexity index is 522. The third-order valence-corrected chi connectivity index (χ3v) is 1.93. The Morgan fingerprint density at radius 3 is 3.00 bits per heavy atom. The van der Waals surface area contributed by atoms with Gasteiger partial charge in [-0.15, -0.1) is 0 Å². The smallest absolute Gasteiger partial charge is 0.359 e. The average Bonchev–Trinajstić information content (AvgIpc) is 2.66. The van der Waals surface area contributed by atoms with Crippen LogP contribution in [-0.2, 0) is 0 Å². The van der Waals surface area contributed by atoms with Crippen LogP contribution in [0.1, 0.15) is 16.1 Å². The summed E-state index contributed by atoms with van der Waals surface area (Å²) in [5.74, 6) is -0.679. The zero-order valence-corrected chi connectivity index (χ0v) is 8.47. The van der Waals surface area contributed by atoms with E-state index in [2.05, 4.69) is 15.4 Å². The average molecular weight is 219 g/mol. The first-order valence-electron chi connectivity index (χ1n) is 4.55. The maximum absolute atomic E-state index is 10.7. The van der Waals surface area contributed by atoms with Crippen LogP contribution in [0.3, 0.4) is 0 Å². The van der Waals surface area contributed by atoms with Crippen LogP contribution in [0.4, 0.5) is 0 Å². The summed E-state index contributed by atoms with van der Waals surface area (Å²) in [5, 5.41) is 18.0. The van der Waals surface area contributed by atoms with Crippen molar-refractivity contribution in [3.63, 3.8) is 0 Å². The molecule has 0 amide bonds. The summed E-state index contributed by atoms with van der Waals surface area (Å²) in [6, 6.07) is 7.21. The van der Waals surface area contributed by atoms with E-state index in [1.165, 1.54) is 0 Å². The molecule has 1 aromatic heterocycles. The molecule has 0 bridgehead atoms. The van der Waals surface area contributed by atoms with Gasteiger partial charge in [-0.3, -0.25) is 0 Å². The van der Waals surface area contributed by atoms with Crippen LogP contribution < -0.4 is 4.74 Å². The molecular formula is C10H9N3O3. The van der Waals surface area contributed by atoms with Crippen LogP contribution in [0.5, 0.6) is 11.6 Å². The number of nitrogens with one attached hydrogen (secondary N) is 1. The van der Waals surface area contributed by atoms with Crippen molar-refractivity contribution in [3.05, 3.63) is 35.5 Å². The summed E-state index contributed by atoms with van der Waals surface area (Å²) in [5.41, 5.74) is 0.847. The lowest BCUT2D eigenvalue weighted by Crippen LogP contribution is -1.99. The van der Waals surface area contributed by atoms with Crippen molar-refractivity contribution >= 4 is 5.97 Å². The molecule has 6 heteroatoms. The van der Waals surface area contributed by atoms with E-state index in [0.29, 0.717) is 5.75 Å². The molecule has 82 valence electrons. The van der Waals surface area contributed by atoms with Crippen molar-refractivity contribution in [1.29, 1.82) is 0 Å². The van der Waals surface area contributed by atoms with Gasteiger partial charge in [0.15, 0.2) is 0 Å². The molecule has 0 radical (unpaired) electrons. The van der Waals surface area contributed by atoms with Crippen molar-refractivity contribution in [2.75, 3.05) is 0 Å². The van der Waals surface area contributed by atoms with Gasteiger partial charge in [-0.05, 0) is 24.6 Å². The highest BCUT2D eigenvalue weighted by molar-refractivity contribution is 5.87. The highest BCUT2D eigenvalue weighted by Gasteiger charge is 2.16. The zero-order chi connectivity index (χ0) is 11.5. The number of aromatic carboxylic acids is 1. The first kappa shape index (κ1) is 10.2. The second-order valence-corrected chi connectivity index (χ2v) is 3.22. The van der Waals surface area contributed by atoms with E-state index >= 15 is 0 Å². The molecule has 0 aliphatic rings. The SMILES string of the molecule is Cc1cccc(Oc2nn[nH]c2C(=O)O)c1. The van der Waals surface area contributed by atoms with Gasteiger partial charge in [0, 0.05) is 0 Å². The number of H-pyrrole nitrogens is 1. The van der Waals surface area contributed by atoms with Crippen LogP contribution in [0.15, 0.2) is 24.3 Å². The Labute approximate surface area is 90.9 Å². The quantitative estimate of drug-likeness (QED) is 0.818. The highest BCUT2D eigenvalue weighted by Crippen LogP contribution is 2.21. The molecule has 2 aromatic rings. The Kier molecular flexibility index (Phi) is 2.55. The van der Waals surface area contributed by atoms with Gasteiger partial charge in [0.1, 0.15) is 5.75 Å². The Balaban J connectivity index is 2.27. The van der Waals surface area contributed by atoms with Gasteiger partial charge in [0.05, 0.1) is 0 Å². The Morgan fingerprint density at radius 2 is 2.31 bits per heavy atom. The number of carbonyl (C=O) groups is 1. The van der Waals surface area contributed by atoms with Gasteiger partial charge < -0.3 is 9.84 Å². The van der Waals surface area contributed by atoms with E-state index in [1.807, 2.05) is 19.1 Å². The summed E-state index contributed by atoms with van der Waals surface area (Å²) in [6.07, 6.45) is 0. The normalized spacial score (nSPS) is 10.1. The molecule has 0 aliphatic heterocycles. The van der Waals surface area contributed by atoms with Crippen molar-refractivity contribution in [2.24, 2.45) is 0 Å². The van der Waals surface area contributed by atoms with E-state index in [-0.39, 0.29) is 11.6 Å². The minimum atomic E-state index is -1.16. The maximum atomic E-state index is 10.7. The number of aryl methyl sites for hydroxylation is 1. The number of aromatic amines is 1. The first-order valence-corrected chi connectivity index (χ1v) is 4.55. The minimum absolute atomic E-state index is 0.0434. The maximum Gasteiger partial charge on any atom is 0.359 e. The van der Waals surface area contributed by atoms with E-state index in [0.717, 1.165) is 5.56 Å². The van der Waals surface area contributed by atoms with E-state index < -0.39 is 5.97 Å². The molecule has 0 saturated heterocycles. The molecule has 0 fully saturated rings. The van der Waals surface area contributed by atoms with Crippen LogP contribution >= 0.6 is 0 Å². The number of carboxylic acid groups (broad SMARTS) is 1. The van der Waals surface area contributed by atoms with Crippen LogP contribution in [0.2, 0.25) is 0 Å². The number of rotatable bonds is 3. The predicted molar refractivity (Wildman–Crippen MR) is 54.6 cm³/mol. The van der Waals surface area contributed by atoms with Gasteiger partial charge in [0.25, 0.3) is 5.88 Å². The summed E-state index contributed by atoms with van der Waals surface area (Å²) < 4.78 is 5.31. The Morgan fingerprint density at radius 1 is 1.50 bits per heavy atom. The fraction of sp³-hybridized carbons (Fsp3) is 0.100. The Hall–Kier alpha value is -2.37. The van der Waals surface area contributed by atoms with Crippen LogP contribution in [0, 0.1) is 6.92 Å². The molecule has 0 aliphatic carbocycles. The van der Waals surface area contributed by atoms with Gasteiger partial charge in [0.2, 0.25) is 5.69 Å². The predicted octanol–water partition coefficient (Wildman–Crippen LogP) is 1.60. The third-order valence-electron chi connectivity index (χ3n) is 1.93. The molecule has 6 nitrogen and oxygen atoms in total. The lowest BCUT2D eigenvalue weighted by atomic mass is 10.2. The largest absolute Gasteiger partial charge is 0.476 e. The minimum Gasteiger partial charge on any atom is -0.476 e. The molecule has 0 atom stereocenters.